The van der Waals surface area contributed by atoms with E-state index in [4.69, 9.17) is 0 Å². The highest BCUT2D eigenvalue weighted by Gasteiger charge is 2.22. The number of aromatic nitrogens is 2. The lowest BCUT2D eigenvalue weighted by atomic mass is 10.1. The summed E-state index contributed by atoms with van der Waals surface area (Å²) in [6.45, 7) is 4.59. The maximum atomic E-state index is 12.3. The van der Waals surface area contributed by atoms with Gasteiger partial charge in [0, 0.05) is 11.4 Å². The molecular weight excluding hydrogens is 286 g/mol. The van der Waals surface area contributed by atoms with Crippen LogP contribution in [0.3, 0.4) is 0 Å². The van der Waals surface area contributed by atoms with Crippen molar-refractivity contribution in [1.82, 2.24) is 14.9 Å². The van der Waals surface area contributed by atoms with Crippen molar-refractivity contribution in [2.75, 3.05) is 13.6 Å². The van der Waals surface area contributed by atoms with Gasteiger partial charge in [-0.05, 0) is 45.7 Å². The Morgan fingerprint density at radius 1 is 1.43 bits per heavy atom. The van der Waals surface area contributed by atoms with Gasteiger partial charge in [0.2, 0.25) is 0 Å². The summed E-state index contributed by atoms with van der Waals surface area (Å²) in [5, 5.41) is 10.6. The first-order chi connectivity index (χ1) is 9.83. The van der Waals surface area contributed by atoms with Gasteiger partial charge in [-0.15, -0.1) is 11.3 Å². The molecule has 0 atom stereocenters. The summed E-state index contributed by atoms with van der Waals surface area (Å²) >= 11 is 1.66. The van der Waals surface area contributed by atoms with Gasteiger partial charge in [-0.1, -0.05) is 0 Å². The average Bonchev–Trinajstić information content (AvgIpc) is 2.84. The number of fused-ring (bicyclic) bond motifs is 3. The zero-order chi connectivity index (χ0) is 15.2. The fraction of sp³-hybridized carbons (Fsp3) is 0.600. The molecule has 0 spiro atoms. The smallest absolute Gasteiger partial charge is 0.259 e. The maximum Gasteiger partial charge on any atom is 0.259 e. The summed E-state index contributed by atoms with van der Waals surface area (Å²) < 4.78 is 0. The summed E-state index contributed by atoms with van der Waals surface area (Å²) in [4.78, 5) is 24.0. The summed E-state index contributed by atoms with van der Waals surface area (Å²) in [6.07, 6.45) is 3.22. The van der Waals surface area contributed by atoms with Crippen molar-refractivity contribution in [3.8, 4) is 0 Å². The molecule has 0 aromatic carbocycles. The van der Waals surface area contributed by atoms with E-state index in [1.807, 2.05) is 11.9 Å². The highest BCUT2D eigenvalue weighted by atomic mass is 32.1. The number of rotatable bonds is 4. The number of aryl methyl sites for hydroxylation is 2. The van der Waals surface area contributed by atoms with Gasteiger partial charge in [-0.3, -0.25) is 9.69 Å². The van der Waals surface area contributed by atoms with Gasteiger partial charge in [0.25, 0.3) is 5.56 Å². The fourth-order valence-corrected chi connectivity index (χ4v) is 4.37. The van der Waals surface area contributed by atoms with E-state index < -0.39 is 5.60 Å². The molecular formula is C15H21N3O2S. The minimum Gasteiger partial charge on any atom is -0.389 e. The van der Waals surface area contributed by atoms with Crippen LogP contribution in [0.1, 0.15) is 36.5 Å². The number of hydrogen-bond acceptors (Lipinski definition) is 5. The standard InChI is InChI=1S/C15H21N3O2S/c1-15(2,20)8-18(3)7-11-16-13(19)12-9-5-4-6-10(9)21-14(12)17-11/h20H,4-8H2,1-3H3,(H,16,17,19). The van der Waals surface area contributed by atoms with Crippen molar-refractivity contribution in [2.45, 2.75) is 45.3 Å². The molecule has 3 rings (SSSR count). The zero-order valence-electron chi connectivity index (χ0n) is 12.7. The predicted octanol–water partition coefficient (Wildman–Crippen LogP) is 1.68. The van der Waals surface area contributed by atoms with Crippen LogP contribution in [0.2, 0.25) is 0 Å². The van der Waals surface area contributed by atoms with Crippen LogP contribution in [0.5, 0.6) is 0 Å². The number of hydrogen-bond donors (Lipinski definition) is 2. The molecule has 0 saturated heterocycles. The lowest BCUT2D eigenvalue weighted by Gasteiger charge is -2.24. The quantitative estimate of drug-likeness (QED) is 0.901. The summed E-state index contributed by atoms with van der Waals surface area (Å²) in [6, 6.07) is 0. The maximum absolute atomic E-state index is 12.3. The lowest BCUT2D eigenvalue weighted by Crippen LogP contribution is -2.36. The molecule has 0 fully saturated rings. The Morgan fingerprint density at radius 3 is 2.90 bits per heavy atom. The minimum atomic E-state index is -0.761. The molecule has 0 radical (unpaired) electrons. The Morgan fingerprint density at radius 2 is 2.19 bits per heavy atom. The topological polar surface area (TPSA) is 69.2 Å². The SMILES string of the molecule is CN(Cc1nc2sc3c(c2c(=O)[nH]1)CCC3)CC(C)(C)O. The van der Waals surface area contributed by atoms with Crippen LogP contribution in [0, 0.1) is 0 Å². The second kappa shape index (κ2) is 5.19. The third-order valence-corrected chi connectivity index (χ3v) is 4.89. The average molecular weight is 307 g/mol. The Kier molecular flexibility index (Phi) is 3.63. The van der Waals surface area contributed by atoms with Gasteiger partial charge in [0.1, 0.15) is 10.7 Å². The summed E-state index contributed by atoms with van der Waals surface area (Å²) in [5.74, 6) is 0.666. The van der Waals surface area contributed by atoms with Gasteiger partial charge < -0.3 is 10.1 Å². The normalized spacial score (nSPS) is 15.1. The molecule has 0 bridgehead atoms. The van der Waals surface area contributed by atoms with Crippen molar-refractivity contribution in [3.05, 3.63) is 26.6 Å². The predicted molar refractivity (Wildman–Crippen MR) is 84.9 cm³/mol. The molecule has 0 aliphatic heterocycles. The van der Waals surface area contributed by atoms with Crippen molar-refractivity contribution < 1.29 is 5.11 Å². The molecule has 21 heavy (non-hydrogen) atoms. The molecule has 1 aliphatic rings. The van der Waals surface area contributed by atoms with Gasteiger partial charge in [-0.2, -0.15) is 0 Å². The number of aromatic amines is 1. The van der Waals surface area contributed by atoms with Crippen LogP contribution >= 0.6 is 11.3 Å². The number of nitrogens with one attached hydrogen (secondary N) is 1. The molecule has 0 amide bonds. The van der Waals surface area contributed by atoms with E-state index in [9.17, 15) is 9.90 Å². The number of H-pyrrole nitrogens is 1. The fourth-order valence-electron chi connectivity index (χ4n) is 3.09. The Bertz CT molecular complexity index is 727. The summed E-state index contributed by atoms with van der Waals surface area (Å²) in [7, 11) is 1.91. The van der Waals surface area contributed by atoms with Gasteiger partial charge in [0.15, 0.2) is 0 Å². The molecule has 0 saturated carbocycles. The van der Waals surface area contributed by atoms with Crippen LogP contribution in [0.4, 0.5) is 0 Å². The lowest BCUT2D eigenvalue weighted by molar-refractivity contribution is 0.0418. The van der Waals surface area contributed by atoms with Crippen LogP contribution in [-0.4, -0.2) is 39.2 Å². The van der Waals surface area contributed by atoms with Crippen molar-refractivity contribution in [2.24, 2.45) is 0 Å². The zero-order valence-corrected chi connectivity index (χ0v) is 13.5. The van der Waals surface area contributed by atoms with Gasteiger partial charge in [0.05, 0.1) is 17.5 Å². The Balaban J connectivity index is 1.90. The largest absolute Gasteiger partial charge is 0.389 e. The third-order valence-electron chi connectivity index (χ3n) is 3.70. The van der Waals surface area contributed by atoms with Gasteiger partial charge >= 0.3 is 0 Å². The van der Waals surface area contributed by atoms with E-state index in [0.29, 0.717) is 18.9 Å². The van der Waals surface area contributed by atoms with E-state index in [-0.39, 0.29) is 5.56 Å². The van der Waals surface area contributed by atoms with Crippen molar-refractivity contribution in [3.63, 3.8) is 0 Å². The molecule has 1 aliphatic carbocycles. The van der Waals surface area contributed by atoms with Crippen LogP contribution in [0.25, 0.3) is 10.2 Å². The molecule has 2 heterocycles. The molecule has 5 nitrogen and oxygen atoms in total. The Hall–Kier alpha value is -1.24. The minimum absolute atomic E-state index is 0.0222. The second-order valence-corrected chi connectivity index (χ2v) is 7.62. The number of aliphatic hydroxyl groups is 1. The van der Waals surface area contributed by atoms with Crippen molar-refractivity contribution in [1.29, 1.82) is 0 Å². The molecule has 2 aromatic rings. The Labute approximate surface area is 127 Å². The molecule has 2 aromatic heterocycles. The van der Waals surface area contributed by atoms with E-state index in [1.165, 1.54) is 10.4 Å². The molecule has 0 unspecified atom stereocenters. The first kappa shape index (κ1) is 14.7. The molecule has 2 N–H and O–H groups in total. The van der Waals surface area contributed by atoms with Gasteiger partial charge in [-0.25, -0.2) is 4.98 Å². The van der Waals surface area contributed by atoms with E-state index in [1.54, 1.807) is 25.2 Å². The van der Waals surface area contributed by atoms with Crippen LogP contribution < -0.4 is 5.56 Å². The van der Waals surface area contributed by atoms with Crippen LogP contribution in [-0.2, 0) is 19.4 Å². The monoisotopic (exact) mass is 307 g/mol. The number of likely N-dealkylation sites (N-methyl/N-ethyl adjacent to an activating group) is 1. The van der Waals surface area contributed by atoms with E-state index in [2.05, 4.69) is 9.97 Å². The van der Waals surface area contributed by atoms with Crippen molar-refractivity contribution >= 4 is 21.6 Å². The van der Waals surface area contributed by atoms with Crippen LogP contribution in [0.15, 0.2) is 4.79 Å². The third kappa shape index (κ3) is 3.02. The molecule has 114 valence electrons. The van der Waals surface area contributed by atoms with E-state index >= 15 is 0 Å². The molecule has 6 heteroatoms. The number of nitrogens with zero attached hydrogens (tertiary/aromatic N) is 2. The highest BCUT2D eigenvalue weighted by molar-refractivity contribution is 7.18. The first-order valence-corrected chi connectivity index (χ1v) is 8.09. The highest BCUT2D eigenvalue weighted by Crippen LogP contribution is 2.34. The number of thiophene rings is 1. The summed E-state index contributed by atoms with van der Waals surface area (Å²) in [5.41, 5.74) is 0.426. The first-order valence-electron chi connectivity index (χ1n) is 7.28. The van der Waals surface area contributed by atoms with E-state index in [0.717, 1.165) is 29.5 Å². The second-order valence-electron chi connectivity index (χ2n) is 6.53.